The van der Waals surface area contributed by atoms with Gasteiger partial charge in [-0.15, -0.1) is 0 Å². The van der Waals surface area contributed by atoms with Gasteiger partial charge in [0, 0.05) is 51.3 Å². The molecule has 1 atom stereocenters. The number of morpholine rings is 1. The van der Waals surface area contributed by atoms with Crippen molar-refractivity contribution in [3.63, 3.8) is 0 Å². The van der Waals surface area contributed by atoms with Gasteiger partial charge in [-0.1, -0.05) is 41.1 Å². The number of hydrogen-bond acceptors (Lipinski definition) is 3. The van der Waals surface area contributed by atoms with Crippen molar-refractivity contribution in [1.82, 2.24) is 15.1 Å². The molecule has 134 valence electrons. The van der Waals surface area contributed by atoms with E-state index in [1.165, 1.54) is 5.56 Å². The van der Waals surface area contributed by atoms with Crippen LogP contribution in [0.3, 0.4) is 0 Å². The molecule has 2 rings (SSSR count). The molecule has 0 aromatic heterocycles. The number of rotatable bonds is 6. The van der Waals surface area contributed by atoms with Crippen LogP contribution in [0.25, 0.3) is 0 Å². The van der Waals surface area contributed by atoms with E-state index in [1.807, 2.05) is 13.1 Å². The van der Waals surface area contributed by atoms with Crippen LogP contribution >= 0.6 is 15.9 Å². The van der Waals surface area contributed by atoms with E-state index in [9.17, 15) is 0 Å². The summed E-state index contributed by atoms with van der Waals surface area (Å²) in [5.41, 5.74) is 1.25. The maximum atomic E-state index is 5.41. The number of hydrogen-bond donors (Lipinski definition) is 1. The number of aliphatic imine (C=N–C) groups is 1. The molecule has 0 amide bonds. The van der Waals surface area contributed by atoms with Gasteiger partial charge in [0.2, 0.25) is 0 Å². The summed E-state index contributed by atoms with van der Waals surface area (Å²) in [6.07, 6.45) is 0. The van der Waals surface area contributed by atoms with Crippen molar-refractivity contribution < 1.29 is 4.74 Å². The number of ether oxygens (including phenoxy) is 1. The molecule has 0 radical (unpaired) electrons. The summed E-state index contributed by atoms with van der Waals surface area (Å²) in [6.45, 7) is 8.92. The van der Waals surface area contributed by atoms with E-state index in [0.29, 0.717) is 5.92 Å². The molecule has 1 fully saturated rings. The van der Waals surface area contributed by atoms with Crippen molar-refractivity contribution >= 4 is 21.9 Å². The average Bonchev–Trinajstić information content (AvgIpc) is 2.58. The van der Waals surface area contributed by atoms with Gasteiger partial charge in [0.1, 0.15) is 0 Å². The van der Waals surface area contributed by atoms with Crippen LogP contribution < -0.4 is 5.32 Å². The third-order valence-electron chi connectivity index (χ3n) is 4.22. The van der Waals surface area contributed by atoms with Gasteiger partial charge in [-0.2, -0.15) is 0 Å². The van der Waals surface area contributed by atoms with E-state index in [2.05, 4.69) is 68.2 Å². The molecule has 0 bridgehead atoms. The Hall–Kier alpha value is -1.11. The Morgan fingerprint density at radius 1 is 1.38 bits per heavy atom. The van der Waals surface area contributed by atoms with Gasteiger partial charge in [-0.3, -0.25) is 9.89 Å². The van der Waals surface area contributed by atoms with E-state index in [4.69, 9.17) is 4.74 Å². The Balaban J connectivity index is 1.79. The molecule has 1 aromatic rings. The lowest BCUT2D eigenvalue weighted by molar-refractivity contribution is 0.0320. The van der Waals surface area contributed by atoms with Gasteiger partial charge in [0.25, 0.3) is 0 Å². The maximum absolute atomic E-state index is 5.41. The van der Waals surface area contributed by atoms with E-state index < -0.39 is 0 Å². The maximum Gasteiger partial charge on any atom is 0.193 e. The fraction of sp³-hybridized carbons (Fsp3) is 0.611. The lowest BCUT2D eigenvalue weighted by Gasteiger charge is -2.30. The Labute approximate surface area is 154 Å². The molecule has 5 nitrogen and oxygen atoms in total. The second-order valence-electron chi connectivity index (χ2n) is 6.39. The normalized spacial score (nSPS) is 17.6. The number of guanidine groups is 1. The van der Waals surface area contributed by atoms with Gasteiger partial charge in [-0.25, -0.2) is 0 Å². The molecule has 1 aromatic carbocycles. The first-order chi connectivity index (χ1) is 11.6. The second-order valence-corrected chi connectivity index (χ2v) is 7.25. The van der Waals surface area contributed by atoms with Crippen LogP contribution in [0.4, 0.5) is 0 Å². The summed E-state index contributed by atoms with van der Waals surface area (Å²) in [6, 6.07) is 8.31. The zero-order chi connectivity index (χ0) is 17.4. The Morgan fingerprint density at radius 2 is 2.08 bits per heavy atom. The van der Waals surface area contributed by atoms with Crippen molar-refractivity contribution in [3.05, 3.63) is 34.3 Å². The van der Waals surface area contributed by atoms with Crippen LogP contribution in [0.1, 0.15) is 12.5 Å². The highest BCUT2D eigenvalue weighted by molar-refractivity contribution is 9.10. The van der Waals surface area contributed by atoms with Gasteiger partial charge in [-0.05, 0) is 17.5 Å². The first-order valence-corrected chi connectivity index (χ1v) is 9.34. The molecule has 6 heteroatoms. The summed E-state index contributed by atoms with van der Waals surface area (Å²) in [5.74, 6) is 1.50. The van der Waals surface area contributed by atoms with Gasteiger partial charge >= 0.3 is 0 Å². The molecule has 1 aliphatic heterocycles. The summed E-state index contributed by atoms with van der Waals surface area (Å²) < 4.78 is 6.54. The smallest absolute Gasteiger partial charge is 0.193 e. The highest BCUT2D eigenvalue weighted by Gasteiger charge is 2.15. The molecule has 0 aliphatic carbocycles. The third kappa shape index (κ3) is 6.07. The van der Waals surface area contributed by atoms with Gasteiger partial charge < -0.3 is 15.0 Å². The monoisotopic (exact) mass is 396 g/mol. The van der Waals surface area contributed by atoms with Crippen LogP contribution in [0.5, 0.6) is 0 Å². The summed E-state index contributed by atoms with van der Waals surface area (Å²) in [7, 11) is 3.91. The molecule has 1 unspecified atom stereocenters. The largest absolute Gasteiger partial charge is 0.379 e. The highest BCUT2D eigenvalue weighted by Crippen LogP contribution is 2.17. The number of benzene rings is 1. The molecular formula is C18H29BrN4O. The lowest BCUT2D eigenvalue weighted by Crippen LogP contribution is -2.44. The predicted molar refractivity (Wildman–Crippen MR) is 103 cm³/mol. The minimum atomic E-state index is 0.566. The van der Waals surface area contributed by atoms with Gasteiger partial charge in [0.15, 0.2) is 5.96 Å². The average molecular weight is 397 g/mol. The number of halogens is 1. The van der Waals surface area contributed by atoms with Crippen LogP contribution in [0.2, 0.25) is 0 Å². The van der Waals surface area contributed by atoms with Crippen LogP contribution in [-0.2, 0) is 11.3 Å². The molecule has 1 heterocycles. The summed E-state index contributed by atoms with van der Waals surface area (Å²) in [4.78, 5) is 9.05. The molecular weight excluding hydrogens is 368 g/mol. The minimum Gasteiger partial charge on any atom is -0.379 e. The Bertz CT molecular complexity index is 532. The fourth-order valence-corrected chi connectivity index (χ4v) is 3.31. The Morgan fingerprint density at radius 3 is 2.75 bits per heavy atom. The predicted octanol–water partition coefficient (Wildman–Crippen LogP) is 2.42. The first-order valence-electron chi connectivity index (χ1n) is 8.55. The summed E-state index contributed by atoms with van der Waals surface area (Å²) >= 11 is 3.61. The van der Waals surface area contributed by atoms with Crippen molar-refractivity contribution in [1.29, 1.82) is 0 Å². The molecule has 1 N–H and O–H groups in total. The van der Waals surface area contributed by atoms with E-state index in [0.717, 1.165) is 56.4 Å². The number of nitrogens with zero attached hydrogens (tertiary/aromatic N) is 3. The van der Waals surface area contributed by atoms with E-state index in [1.54, 1.807) is 0 Å². The van der Waals surface area contributed by atoms with Crippen molar-refractivity contribution in [3.8, 4) is 0 Å². The molecule has 24 heavy (non-hydrogen) atoms. The minimum absolute atomic E-state index is 0.566. The highest BCUT2D eigenvalue weighted by atomic mass is 79.9. The molecule has 1 saturated heterocycles. The third-order valence-corrected chi connectivity index (χ3v) is 4.99. The van der Waals surface area contributed by atoms with E-state index >= 15 is 0 Å². The quantitative estimate of drug-likeness (QED) is 0.591. The SMILES string of the molecule is CN=C(NCC(C)CN1CCOCC1)N(C)Cc1ccccc1Br. The second kappa shape index (κ2) is 10.0. The standard InChI is InChI=1S/C18H29BrN4O/c1-15(13-23-8-10-24-11-9-23)12-21-18(20-2)22(3)14-16-6-4-5-7-17(16)19/h4-7,15H,8-14H2,1-3H3,(H,20,21). The topological polar surface area (TPSA) is 40.1 Å². The van der Waals surface area contributed by atoms with Crippen molar-refractivity contribution in [2.45, 2.75) is 13.5 Å². The van der Waals surface area contributed by atoms with Crippen molar-refractivity contribution in [2.75, 3.05) is 53.5 Å². The van der Waals surface area contributed by atoms with Crippen LogP contribution in [-0.4, -0.2) is 69.2 Å². The van der Waals surface area contributed by atoms with Crippen LogP contribution in [0, 0.1) is 5.92 Å². The molecule has 0 saturated carbocycles. The van der Waals surface area contributed by atoms with E-state index in [-0.39, 0.29) is 0 Å². The molecule has 1 aliphatic rings. The van der Waals surface area contributed by atoms with Gasteiger partial charge in [0.05, 0.1) is 13.2 Å². The molecule has 0 spiro atoms. The fourth-order valence-electron chi connectivity index (χ4n) is 2.90. The lowest BCUT2D eigenvalue weighted by atomic mass is 10.1. The Kier molecular flexibility index (Phi) is 8.02. The zero-order valence-electron chi connectivity index (χ0n) is 15.0. The van der Waals surface area contributed by atoms with Crippen LogP contribution in [0.15, 0.2) is 33.7 Å². The number of nitrogens with one attached hydrogen (secondary N) is 1. The van der Waals surface area contributed by atoms with Crippen molar-refractivity contribution in [2.24, 2.45) is 10.9 Å². The first kappa shape index (κ1) is 19.2. The zero-order valence-corrected chi connectivity index (χ0v) is 16.6. The summed E-state index contributed by atoms with van der Waals surface area (Å²) in [5, 5.41) is 3.50.